The van der Waals surface area contributed by atoms with E-state index >= 15 is 0 Å². The van der Waals surface area contributed by atoms with Gasteiger partial charge in [-0.05, 0) is 73.5 Å². The number of aromatic nitrogens is 1. The Kier molecular flexibility index (Phi) is 6.60. The summed E-state index contributed by atoms with van der Waals surface area (Å²) in [5.74, 6) is -0.957. The minimum atomic E-state index is -4.57. The minimum Gasteiger partial charge on any atom is -0.506 e. The van der Waals surface area contributed by atoms with Gasteiger partial charge in [0, 0.05) is 36.1 Å². The number of nitrogens with zero attached hydrogens (tertiary/aromatic N) is 2. The Labute approximate surface area is 225 Å². The third-order valence-electron chi connectivity index (χ3n) is 7.04. The maximum atomic E-state index is 13.4. The number of rotatable bonds is 4. The molecular weight excluding hydrogens is 534 g/mol. The van der Waals surface area contributed by atoms with Gasteiger partial charge in [0.15, 0.2) is 6.20 Å². The molecule has 0 radical (unpaired) electrons. The van der Waals surface area contributed by atoms with Gasteiger partial charge in [0.1, 0.15) is 12.3 Å². The fraction of sp³-hybridized carbons (Fsp3) is 0.200. The lowest BCUT2D eigenvalue weighted by molar-refractivity contribution is -0.667. The monoisotopic (exact) mass is 557 g/mol. The number of Topliss-reactive ketones (excluding diaryl/α,β-unsaturated/α-hetero) is 1. The number of fused-ring (bicyclic) bond motifs is 2. The lowest BCUT2D eigenvalue weighted by Crippen LogP contribution is -2.32. The third kappa shape index (κ3) is 4.67. The van der Waals surface area contributed by atoms with Crippen LogP contribution in [0.1, 0.15) is 36.1 Å². The average Bonchev–Trinajstić information content (AvgIpc) is 2.92. The Morgan fingerprint density at radius 3 is 2.23 bits per heavy atom. The summed E-state index contributed by atoms with van der Waals surface area (Å²) in [4.78, 5) is 14.8. The zero-order valence-corrected chi connectivity index (χ0v) is 21.4. The molecular formula is C30H23F6N2O2+. The summed E-state index contributed by atoms with van der Waals surface area (Å²) in [6, 6.07) is 8.26. The molecule has 0 spiro atoms. The molecule has 0 saturated heterocycles. The van der Waals surface area contributed by atoms with E-state index in [-0.39, 0.29) is 27.9 Å². The standard InChI is InChI=1S/C30H22F6N2O2/c1-3-37-11-9-17(21-15-19(29(31,32)33)5-7-25(21)37)13-23-27(39)24(28(23)40)14-18-10-12-38(4-2)26-8-6-20(16-22(18)26)30(34,35)36/h5-16H,3-4H2,1-2H3/p+1. The largest absolute Gasteiger partial charge is 0.506 e. The molecule has 0 saturated carbocycles. The van der Waals surface area contributed by atoms with Crippen LogP contribution in [-0.4, -0.2) is 17.4 Å². The highest BCUT2D eigenvalue weighted by Crippen LogP contribution is 2.41. The summed E-state index contributed by atoms with van der Waals surface area (Å²) in [6.07, 6.45) is -1.56. The van der Waals surface area contributed by atoms with Gasteiger partial charge in [0.05, 0.1) is 27.7 Å². The number of pyridine rings is 1. The lowest BCUT2D eigenvalue weighted by atomic mass is 9.84. The number of aliphatic hydroxyl groups excluding tert-OH is 1. The number of ketones is 1. The van der Waals surface area contributed by atoms with E-state index in [1.165, 1.54) is 24.3 Å². The molecule has 40 heavy (non-hydrogen) atoms. The molecule has 10 heteroatoms. The van der Waals surface area contributed by atoms with Crippen molar-refractivity contribution in [3.8, 4) is 0 Å². The van der Waals surface area contributed by atoms with E-state index in [2.05, 4.69) is 0 Å². The highest BCUT2D eigenvalue weighted by molar-refractivity contribution is 6.24. The summed E-state index contributed by atoms with van der Waals surface area (Å²) in [7, 11) is 0. The topological polar surface area (TPSA) is 44.4 Å². The Morgan fingerprint density at radius 1 is 0.925 bits per heavy atom. The van der Waals surface area contributed by atoms with E-state index < -0.39 is 29.3 Å². The van der Waals surface area contributed by atoms with Crippen LogP contribution < -0.4 is 9.47 Å². The number of carbonyl (C=O) groups excluding carboxylic acids is 1. The molecule has 0 bridgehead atoms. The zero-order chi connectivity index (χ0) is 29.0. The van der Waals surface area contributed by atoms with Crippen LogP contribution in [0.4, 0.5) is 32.0 Å². The van der Waals surface area contributed by atoms with Crippen LogP contribution in [0, 0.1) is 0 Å². The van der Waals surface area contributed by atoms with Crippen molar-refractivity contribution in [3.05, 3.63) is 106 Å². The summed E-state index contributed by atoms with van der Waals surface area (Å²) in [5, 5.41) is 11.0. The van der Waals surface area contributed by atoms with Crippen molar-refractivity contribution in [1.29, 1.82) is 0 Å². The normalized spacial score (nSPS) is 17.7. The molecule has 5 rings (SSSR count). The van der Waals surface area contributed by atoms with E-state index in [1.807, 2.05) is 13.8 Å². The van der Waals surface area contributed by atoms with Gasteiger partial charge in [-0.3, -0.25) is 4.79 Å². The summed E-state index contributed by atoms with van der Waals surface area (Å²) in [6.45, 7) is 4.69. The number of alkyl halides is 6. The van der Waals surface area contributed by atoms with Gasteiger partial charge in [-0.1, -0.05) is 0 Å². The number of hydrogen-bond acceptors (Lipinski definition) is 3. The molecule has 1 aromatic heterocycles. The van der Waals surface area contributed by atoms with Gasteiger partial charge >= 0.3 is 12.4 Å². The summed E-state index contributed by atoms with van der Waals surface area (Å²) < 4.78 is 82.2. The highest BCUT2D eigenvalue weighted by atomic mass is 19.4. The first-order chi connectivity index (χ1) is 18.8. The molecule has 0 atom stereocenters. The maximum absolute atomic E-state index is 13.4. The average molecular weight is 558 g/mol. The smallest absolute Gasteiger partial charge is 0.416 e. The first-order valence-electron chi connectivity index (χ1n) is 12.4. The number of benzene rings is 2. The van der Waals surface area contributed by atoms with E-state index in [0.29, 0.717) is 35.4 Å². The zero-order valence-electron chi connectivity index (χ0n) is 21.4. The predicted molar refractivity (Wildman–Crippen MR) is 139 cm³/mol. The lowest BCUT2D eigenvalue weighted by Gasteiger charge is -2.28. The molecule has 4 nitrogen and oxygen atoms in total. The minimum absolute atomic E-state index is 0.0981. The highest BCUT2D eigenvalue weighted by Gasteiger charge is 2.35. The van der Waals surface area contributed by atoms with Crippen LogP contribution in [0.3, 0.4) is 0 Å². The van der Waals surface area contributed by atoms with Gasteiger partial charge in [0.25, 0.3) is 0 Å². The van der Waals surface area contributed by atoms with Crippen molar-refractivity contribution in [3.63, 3.8) is 0 Å². The molecule has 1 aliphatic heterocycles. The van der Waals surface area contributed by atoms with E-state index in [4.69, 9.17) is 0 Å². The summed E-state index contributed by atoms with van der Waals surface area (Å²) in [5.41, 5.74) is 0.0224. The predicted octanol–water partition coefficient (Wildman–Crippen LogP) is 7.40. The number of halogens is 6. The Balaban J connectivity index is 1.59. The molecule has 2 heterocycles. The molecule has 0 unspecified atom stereocenters. The SMILES string of the molecule is CCN1C=C/C(=C\C2=C(O)C(=C\c3cc[n+](CC)c4ccc(C(F)(F)F)cc34)/C2=O)c2cc(C(F)(F)F)ccc21. The van der Waals surface area contributed by atoms with Crippen molar-refractivity contribution in [2.24, 2.45) is 0 Å². The molecule has 206 valence electrons. The van der Waals surface area contributed by atoms with Crippen LogP contribution in [0.25, 0.3) is 22.6 Å². The van der Waals surface area contributed by atoms with Crippen molar-refractivity contribution >= 4 is 34.0 Å². The molecule has 1 N–H and O–H groups in total. The number of carbonyl (C=O) groups is 1. The molecule has 0 amide bonds. The molecule has 1 aliphatic carbocycles. The second-order valence-corrected chi connectivity index (χ2v) is 9.37. The number of anilines is 1. The summed E-state index contributed by atoms with van der Waals surface area (Å²) >= 11 is 0. The van der Waals surface area contributed by atoms with Crippen LogP contribution in [0.15, 0.2) is 83.9 Å². The Bertz CT molecular complexity index is 1680. The number of aliphatic hydroxyl groups is 1. The van der Waals surface area contributed by atoms with E-state index in [9.17, 15) is 36.2 Å². The quantitative estimate of drug-likeness (QED) is 0.207. The van der Waals surface area contributed by atoms with Crippen molar-refractivity contribution in [2.75, 3.05) is 11.4 Å². The van der Waals surface area contributed by atoms with Crippen molar-refractivity contribution < 1.29 is 40.8 Å². The fourth-order valence-corrected chi connectivity index (χ4v) is 4.89. The molecule has 2 aliphatic rings. The van der Waals surface area contributed by atoms with Gasteiger partial charge in [-0.2, -0.15) is 30.9 Å². The van der Waals surface area contributed by atoms with E-state index in [1.54, 1.807) is 34.0 Å². The number of allylic oxidation sites excluding steroid dienone is 5. The van der Waals surface area contributed by atoms with E-state index in [0.717, 1.165) is 24.3 Å². The van der Waals surface area contributed by atoms with Crippen molar-refractivity contribution in [2.45, 2.75) is 32.7 Å². The Hall–Kier alpha value is -4.34. The van der Waals surface area contributed by atoms with Crippen LogP contribution in [0.2, 0.25) is 0 Å². The number of aryl methyl sites for hydroxylation is 1. The fourth-order valence-electron chi connectivity index (χ4n) is 4.89. The molecule has 2 aromatic carbocycles. The first-order valence-corrected chi connectivity index (χ1v) is 12.4. The maximum Gasteiger partial charge on any atom is 0.416 e. The van der Waals surface area contributed by atoms with Gasteiger partial charge in [-0.25, -0.2) is 0 Å². The van der Waals surface area contributed by atoms with Crippen LogP contribution >= 0.6 is 0 Å². The third-order valence-corrected chi connectivity index (χ3v) is 7.04. The molecule has 3 aromatic rings. The van der Waals surface area contributed by atoms with Gasteiger partial charge in [-0.15, -0.1) is 0 Å². The first kappa shape index (κ1) is 27.2. The van der Waals surface area contributed by atoms with Crippen LogP contribution in [-0.2, 0) is 23.7 Å². The van der Waals surface area contributed by atoms with Crippen LogP contribution in [0.5, 0.6) is 0 Å². The van der Waals surface area contributed by atoms with Gasteiger partial charge < -0.3 is 10.0 Å². The van der Waals surface area contributed by atoms with Gasteiger partial charge in [0.2, 0.25) is 11.3 Å². The number of hydrogen-bond donors (Lipinski definition) is 1. The second kappa shape index (κ2) is 9.69. The Morgan fingerprint density at radius 2 is 1.60 bits per heavy atom. The van der Waals surface area contributed by atoms with Crippen molar-refractivity contribution in [1.82, 2.24) is 0 Å². The molecule has 0 fully saturated rings. The second-order valence-electron chi connectivity index (χ2n) is 9.37.